The zero-order valence-electron chi connectivity index (χ0n) is 22.6. The Balaban J connectivity index is 1.35. The first kappa shape index (κ1) is 28.0. The Morgan fingerprint density at radius 3 is 2.65 bits per heavy atom. The zero-order valence-corrected chi connectivity index (χ0v) is 24.1. The number of benzene rings is 1. The van der Waals surface area contributed by atoms with Crippen molar-refractivity contribution in [3.63, 3.8) is 0 Å². The van der Waals surface area contributed by atoms with Crippen LogP contribution < -0.4 is 10.5 Å². The highest BCUT2D eigenvalue weighted by atomic mass is 35.5. The van der Waals surface area contributed by atoms with Gasteiger partial charge in [0.2, 0.25) is 5.75 Å². The van der Waals surface area contributed by atoms with E-state index in [1.165, 1.54) is 12.1 Å². The van der Waals surface area contributed by atoms with E-state index in [4.69, 9.17) is 42.8 Å². The van der Waals surface area contributed by atoms with E-state index in [9.17, 15) is 9.18 Å². The lowest BCUT2D eigenvalue weighted by atomic mass is 10.1. The summed E-state index contributed by atoms with van der Waals surface area (Å²) in [5, 5.41) is 5.40. The summed E-state index contributed by atoms with van der Waals surface area (Å²) >= 11 is 12.5. The second-order valence-corrected chi connectivity index (χ2v) is 11.6. The topological polar surface area (TPSA) is 109 Å². The maximum Gasteiger partial charge on any atom is 0.410 e. The highest BCUT2D eigenvalue weighted by molar-refractivity contribution is 6.36. The molecule has 2 N–H and O–H groups in total. The number of nitrogens with zero attached hydrogens (tertiary/aromatic N) is 4. The van der Waals surface area contributed by atoms with Crippen LogP contribution in [0.4, 0.5) is 15.0 Å². The number of likely N-dealkylation sites (tertiary alicyclic amines) is 1. The Labute approximate surface area is 240 Å². The number of carbonyl (C=O) groups is 1. The van der Waals surface area contributed by atoms with Crippen LogP contribution in [0.2, 0.25) is 10.0 Å². The number of carbonyl (C=O) groups excluding carboxylic acids is 1. The predicted octanol–water partition coefficient (Wildman–Crippen LogP) is 7.43. The summed E-state index contributed by atoms with van der Waals surface area (Å²) in [6.45, 7) is 8.44. The van der Waals surface area contributed by atoms with Gasteiger partial charge in [-0.15, -0.1) is 0 Å². The van der Waals surface area contributed by atoms with E-state index in [1.54, 1.807) is 30.5 Å². The number of nitrogens with two attached hydrogens (primary N) is 1. The standard InChI is InChI=1S/C28H30Cl2FN5O4/c1-15(22-20(29)5-6-21(31)23(22)30)39-25-24-18(12-33-26(25)32)19(14-38-24)16-11-34-36(13-16)17-7-9-35(10-8-17)27(37)40-28(2,3)4/h5-6,11-15,17H,7-10H2,1-4H3,(H2,32,33)/t15-/m1/s1. The molecule has 0 spiro atoms. The number of fused-ring (bicyclic) bond motifs is 1. The number of hydrogen-bond acceptors (Lipinski definition) is 7. The molecule has 0 saturated carbocycles. The normalized spacial score (nSPS) is 15.4. The summed E-state index contributed by atoms with van der Waals surface area (Å²) in [6.07, 6.45) is 7.39. The fourth-order valence-electron chi connectivity index (χ4n) is 4.78. The van der Waals surface area contributed by atoms with Crippen LogP contribution in [0.1, 0.15) is 58.2 Å². The number of hydrogen-bond donors (Lipinski definition) is 1. The zero-order chi connectivity index (χ0) is 28.8. The van der Waals surface area contributed by atoms with E-state index in [2.05, 4.69) is 10.1 Å². The number of piperidine rings is 1. The molecule has 1 fully saturated rings. The summed E-state index contributed by atoms with van der Waals surface area (Å²) in [4.78, 5) is 18.4. The van der Waals surface area contributed by atoms with Crippen molar-refractivity contribution in [3.05, 3.63) is 58.4 Å². The van der Waals surface area contributed by atoms with Gasteiger partial charge in [0.1, 0.15) is 23.8 Å². The van der Waals surface area contributed by atoms with Gasteiger partial charge in [0.15, 0.2) is 11.4 Å². The number of ether oxygens (including phenoxy) is 2. The van der Waals surface area contributed by atoms with Crippen LogP contribution in [0.5, 0.6) is 5.75 Å². The van der Waals surface area contributed by atoms with Crippen molar-refractivity contribution >= 4 is 46.1 Å². The van der Waals surface area contributed by atoms with E-state index in [0.29, 0.717) is 29.6 Å². The molecule has 12 heteroatoms. The first-order chi connectivity index (χ1) is 18.9. The fraction of sp³-hybridized carbons (Fsp3) is 0.393. The van der Waals surface area contributed by atoms with Crippen LogP contribution in [0.3, 0.4) is 0 Å². The first-order valence-corrected chi connectivity index (χ1v) is 13.7. The molecule has 4 heterocycles. The minimum absolute atomic E-state index is 0.108. The lowest BCUT2D eigenvalue weighted by Crippen LogP contribution is -2.42. The number of nitrogen functional groups attached to an aromatic ring is 1. The van der Waals surface area contributed by atoms with Crippen LogP contribution in [0.15, 0.2) is 41.4 Å². The van der Waals surface area contributed by atoms with Gasteiger partial charge < -0.3 is 24.5 Å². The van der Waals surface area contributed by atoms with Crippen molar-refractivity contribution in [2.24, 2.45) is 0 Å². The molecular formula is C28H30Cl2FN5O4. The number of furan rings is 1. The first-order valence-electron chi connectivity index (χ1n) is 12.9. The van der Waals surface area contributed by atoms with Crippen molar-refractivity contribution in [2.45, 2.75) is 58.3 Å². The second kappa shape index (κ2) is 10.8. The van der Waals surface area contributed by atoms with E-state index >= 15 is 0 Å². The lowest BCUT2D eigenvalue weighted by Gasteiger charge is -2.33. The Morgan fingerprint density at radius 1 is 1.23 bits per heavy atom. The minimum atomic E-state index is -0.742. The van der Waals surface area contributed by atoms with Gasteiger partial charge in [-0.25, -0.2) is 14.2 Å². The molecule has 0 aliphatic carbocycles. The molecule has 5 rings (SSSR count). The monoisotopic (exact) mass is 589 g/mol. The molecule has 212 valence electrons. The lowest BCUT2D eigenvalue weighted by molar-refractivity contribution is 0.0185. The second-order valence-electron chi connectivity index (χ2n) is 10.8. The molecule has 1 aromatic carbocycles. The largest absolute Gasteiger partial charge is 0.478 e. The minimum Gasteiger partial charge on any atom is -0.478 e. The third kappa shape index (κ3) is 5.55. The number of halogens is 3. The summed E-state index contributed by atoms with van der Waals surface area (Å²) in [5.41, 5.74) is 7.89. The van der Waals surface area contributed by atoms with Gasteiger partial charge in [0, 0.05) is 47.2 Å². The molecule has 3 aromatic heterocycles. The fourth-order valence-corrected chi connectivity index (χ4v) is 5.46. The van der Waals surface area contributed by atoms with Crippen LogP contribution in [-0.2, 0) is 4.74 Å². The molecule has 1 amide bonds. The molecule has 1 aliphatic rings. The van der Waals surface area contributed by atoms with Crippen LogP contribution >= 0.6 is 23.2 Å². The van der Waals surface area contributed by atoms with Crippen molar-refractivity contribution in [2.75, 3.05) is 18.8 Å². The number of pyridine rings is 1. The molecule has 0 radical (unpaired) electrons. The van der Waals surface area contributed by atoms with Crippen molar-refractivity contribution in [3.8, 4) is 16.9 Å². The van der Waals surface area contributed by atoms with Gasteiger partial charge in [-0.1, -0.05) is 23.2 Å². The molecular weight excluding hydrogens is 560 g/mol. The van der Waals surface area contributed by atoms with E-state index in [-0.39, 0.29) is 33.7 Å². The molecule has 9 nitrogen and oxygen atoms in total. The smallest absolute Gasteiger partial charge is 0.410 e. The van der Waals surface area contributed by atoms with Crippen molar-refractivity contribution in [1.82, 2.24) is 19.7 Å². The quantitative estimate of drug-likeness (QED) is 0.241. The molecule has 1 aliphatic heterocycles. The van der Waals surface area contributed by atoms with E-state index in [1.807, 2.05) is 31.6 Å². The molecule has 0 bridgehead atoms. The average Bonchev–Trinajstić information content (AvgIpc) is 3.55. The van der Waals surface area contributed by atoms with Gasteiger partial charge in [-0.3, -0.25) is 4.68 Å². The van der Waals surface area contributed by atoms with Crippen LogP contribution in [0, 0.1) is 5.82 Å². The number of aromatic nitrogens is 3. The Morgan fingerprint density at radius 2 is 1.95 bits per heavy atom. The number of anilines is 1. The Bertz CT molecular complexity index is 1560. The SMILES string of the molecule is C[C@@H](Oc1c(N)ncc2c(-c3cnn(C4CCN(C(=O)OC(C)(C)C)CC4)c3)coc12)c1c(Cl)ccc(F)c1Cl. The summed E-state index contributed by atoms with van der Waals surface area (Å²) in [6, 6.07) is 2.75. The third-order valence-corrected chi connectivity index (χ3v) is 7.50. The molecule has 1 saturated heterocycles. The molecule has 1 atom stereocenters. The van der Waals surface area contributed by atoms with Gasteiger partial charge in [-0.2, -0.15) is 5.10 Å². The highest BCUT2D eigenvalue weighted by Crippen LogP contribution is 2.41. The summed E-state index contributed by atoms with van der Waals surface area (Å²) in [7, 11) is 0. The van der Waals surface area contributed by atoms with Gasteiger partial charge in [0.05, 0.1) is 22.6 Å². The molecule has 0 unspecified atom stereocenters. The molecule has 40 heavy (non-hydrogen) atoms. The molecule has 4 aromatic rings. The Kier molecular flexibility index (Phi) is 7.58. The summed E-state index contributed by atoms with van der Waals surface area (Å²) < 4.78 is 33.5. The van der Waals surface area contributed by atoms with Gasteiger partial charge in [-0.05, 0) is 52.7 Å². The number of rotatable bonds is 5. The van der Waals surface area contributed by atoms with Crippen LogP contribution in [0.25, 0.3) is 22.1 Å². The van der Waals surface area contributed by atoms with Gasteiger partial charge >= 0.3 is 6.09 Å². The maximum atomic E-state index is 14.1. The highest BCUT2D eigenvalue weighted by Gasteiger charge is 2.28. The van der Waals surface area contributed by atoms with Crippen LogP contribution in [-0.4, -0.2) is 44.4 Å². The van der Waals surface area contributed by atoms with E-state index in [0.717, 1.165) is 24.0 Å². The average molecular weight is 590 g/mol. The summed E-state index contributed by atoms with van der Waals surface area (Å²) in [5.74, 6) is -0.292. The van der Waals surface area contributed by atoms with Crippen molar-refractivity contribution in [1.29, 1.82) is 0 Å². The predicted molar refractivity (Wildman–Crippen MR) is 151 cm³/mol. The van der Waals surface area contributed by atoms with Gasteiger partial charge in [0.25, 0.3) is 0 Å². The van der Waals surface area contributed by atoms with Crippen molar-refractivity contribution < 1.29 is 23.1 Å². The maximum absolute atomic E-state index is 14.1. The third-order valence-electron chi connectivity index (χ3n) is 6.78. The number of amides is 1. The van der Waals surface area contributed by atoms with E-state index < -0.39 is 17.5 Å². The Hall–Kier alpha value is -3.50.